The van der Waals surface area contributed by atoms with Crippen molar-refractivity contribution in [2.45, 2.75) is 13.8 Å². The smallest absolute Gasteiger partial charge is 0.175 e. The monoisotopic (exact) mass is 286 g/mol. The molecule has 2 aromatic rings. The summed E-state index contributed by atoms with van der Waals surface area (Å²) >= 11 is 9.44. The van der Waals surface area contributed by atoms with Crippen molar-refractivity contribution in [2.75, 3.05) is 0 Å². The molecular formula is C9H8BrClN4. The summed E-state index contributed by atoms with van der Waals surface area (Å²) in [6, 6.07) is 0. The van der Waals surface area contributed by atoms with Crippen LogP contribution in [0, 0.1) is 13.8 Å². The van der Waals surface area contributed by atoms with Gasteiger partial charge >= 0.3 is 0 Å². The van der Waals surface area contributed by atoms with Gasteiger partial charge in [0, 0.05) is 0 Å². The van der Waals surface area contributed by atoms with Crippen LogP contribution in [-0.4, -0.2) is 19.7 Å². The maximum Gasteiger partial charge on any atom is 0.175 e. The zero-order chi connectivity index (χ0) is 11.0. The molecule has 6 heteroatoms. The van der Waals surface area contributed by atoms with Crippen LogP contribution in [0.5, 0.6) is 0 Å². The fourth-order valence-corrected chi connectivity index (χ4v) is 1.72. The second-order valence-electron chi connectivity index (χ2n) is 3.09. The van der Waals surface area contributed by atoms with Crippen molar-refractivity contribution in [3.05, 3.63) is 33.4 Å². The highest BCUT2D eigenvalue weighted by Crippen LogP contribution is 2.24. The third-order valence-electron chi connectivity index (χ3n) is 2.05. The molecule has 0 unspecified atom stereocenters. The van der Waals surface area contributed by atoms with E-state index in [9.17, 15) is 0 Å². The normalized spacial score (nSPS) is 10.7. The van der Waals surface area contributed by atoms with E-state index < -0.39 is 0 Å². The lowest BCUT2D eigenvalue weighted by atomic mass is 10.4. The Labute approximate surface area is 100 Å². The summed E-state index contributed by atoms with van der Waals surface area (Å²) in [5.41, 5.74) is 1.87. The van der Waals surface area contributed by atoms with Gasteiger partial charge in [-0.25, -0.2) is 14.6 Å². The number of rotatable bonds is 1. The molecule has 0 amide bonds. The van der Waals surface area contributed by atoms with E-state index in [1.165, 1.54) is 6.33 Å². The molecule has 0 aliphatic heterocycles. The molecule has 0 bridgehead atoms. The molecule has 4 nitrogen and oxygen atoms in total. The Bertz CT molecular complexity index is 509. The molecule has 0 fully saturated rings. The van der Waals surface area contributed by atoms with Crippen molar-refractivity contribution in [3.63, 3.8) is 0 Å². The Morgan fingerprint density at radius 3 is 2.67 bits per heavy atom. The third kappa shape index (κ3) is 1.77. The summed E-state index contributed by atoms with van der Waals surface area (Å²) in [6.45, 7) is 3.87. The molecule has 0 atom stereocenters. The first-order valence-electron chi connectivity index (χ1n) is 4.29. The molecule has 0 aliphatic carbocycles. The van der Waals surface area contributed by atoms with E-state index in [2.05, 4.69) is 31.0 Å². The molecule has 0 aliphatic rings. The average molecular weight is 288 g/mol. The van der Waals surface area contributed by atoms with Gasteiger partial charge in [0.05, 0.1) is 22.1 Å². The van der Waals surface area contributed by atoms with E-state index in [0.717, 1.165) is 15.9 Å². The van der Waals surface area contributed by atoms with Crippen LogP contribution in [0.15, 0.2) is 17.0 Å². The van der Waals surface area contributed by atoms with Crippen LogP contribution in [0.2, 0.25) is 5.02 Å². The van der Waals surface area contributed by atoms with E-state index in [1.54, 1.807) is 10.9 Å². The Balaban J connectivity index is 2.65. The van der Waals surface area contributed by atoms with Crippen molar-refractivity contribution >= 4 is 27.5 Å². The highest BCUT2D eigenvalue weighted by atomic mass is 79.9. The Morgan fingerprint density at radius 1 is 1.40 bits per heavy atom. The second kappa shape index (κ2) is 3.90. The summed E-state index contributed by atoms with van der Waals surface area (Å²) in [6.07, 6.45) is 3.00. The second-order valence-corrected chi connectivity index (χ2v) is 4.29. The number of hydrogen-bond donors (Lipinski definition) is 0. The lowest BCUT2D eigenvalue weighted by molar-refractivity contribution is 0.800. The number of nitrogens with zero attached hydrogens (tertiary/aromatic N) is 4. The predicted octanol–water partition coefficient (Wildman–Crippen LogP) is 2.70. The van der Waals surface area contributed by atoms with E-state index in [-0.39, 0.29) is 0 Å². The van der Waals surface area contributed by atoms with Gasteiger partial charge in [0.2, 0.25) is 0 Å². The van der Waals surface area contributed by atoms with Crippen molar-refractivity contribution in [1.82, 2.24) is 19.7 Å². The SMILES string of the molecule is Cc1nn(-c2ncncc2Cl)c(C)c1Br. The summed E-state index contributed by atoms with van der Waals surface area (Å²) in [5.74, 6) is 0.595. The topological polar surface area (TPSA) is 43.6 Å². The fourth-order valence-electron chi connectivity index (χ4n) is 1.29. The molecule has 0 N–H and O–H groups in total. The zero-order valence-electron chi connectivity index (χ0n) is 8.20. The molecular weight excluding hydrogens is 279 g/mol. The maximum atomic E-state index is 5.99. The van der Waals surface area contributed by atoms with Crippen LogP contribution < -0.4 is 0 Å². The quantitative estimate of drug-likeness (QED) is 0.810. The van der Waals surface area contributed by atoms with Crippen LogP contribution in [-0.2, 0) is 0 Å². The maximum absolute atomic E-state index is 5.99. The van der Waals surface area contributed by atoms with Gasteiger partial charge in [0.25, 0.3) is 0 Å². The van der Waals surface area contributed by atoms with E-state index in [4.69, 9.17) is 11.6 Å². The molecule has 15 heavy (non-hydrogen) atoms. The van der Waals surface area contributed by atoms with Crippen LogP contribution >= 0.6 is 27.5 Å². The summed E-state index contributed by atoms with van der Waals surface area (Å²) in [5, 5.41) is 4.82. The number of aryl methyl sites for hydroxylation is 1. The molecule has 2 heterocycles. The van der Waals surface area contributed by atoms with Gasteiger partial charge in [0.15, 0.2) is 5.82 Å². The number of hydrogen-bond acceptors (Lipinski definition) is 3. The first kappa shape index (κ1) is 10.6. The van der Waals surface area contributed by atoms with Crippen molar-refractivity contribution in [1.29, 1.82) is 0 Å². The van der Waals surface area contributed by atoms with Crippen LogP contribution in [0.1, 0.15) is 11.4 Å². The summed E-state index contributed by atoms with van der Waals surface area (Å²) < 4.78 is 2.67. The highest BCUT2D eigenvalue weighted by molar-refractivity contribution is 9.10. The minimum atomic E-state index is 0.482. The number of halogens is 2. The van der Waals surface area contributed by atoms with Crippen LogP contribution in [0.25, 0.3) is 5.82 Å². The molecule has 78 valence electrons. The zero-order valence-corrected chi connectivity index (χ0v) is 10.5. The van der Waals surface area contributed by atoms with E-state index >= 15 is 0 Å². The molecule has 0 saturated heterocycles. The average Bonchev–Trinajstić information content (AvgIpc) is 2.47. The van der Waals surface area contributed by atoms with E-state index in [0.29, 0.717) is 10.8 Å². The van der Waals surface area contributed by atoms with Crippen molar-refractivity contribution < 1.29 is 0 Å². The van der Waals surface area contributed by atoms with E-state index in [1.807, 2.05) is 13.8 Å². The third-order valence-corrected chi connectivity index (χ3v) is 3.47. The minimum Gasteiger partial charge on any atom is -0.243 e. The lowest BCUT2D eigenvalue weighted by Crippen LogP contribution is -2.03. The molecule has 2 aromatic heterocycles. The van der Waals surface area contributed by atoms with Gasteiger partial charge in [-0.2, -0.15) is 5.10 Å². The highest BCUT2D eigenvalue weighted by Gasteiger charge is 2.13. The van der Waals surface area contributed by atoms with Gasteiger partial charge < -0.3 is 0 Å². The van der Waals surface area contributed by atoms with Crippen molar-refractivity contribution in [2.24, 2.45) is 0 Å². The van der Waals surface area contributed by atoms with Crippen LogP contribution in [0.3, 0.4) is 0 Å². The molecule has 0 saturated carbocycles. The van der Waals surface area contributed by atoms with Gasteiger partial charge in [-0.05, 0) is 29.8 Å². The molecule has 0 radical (unpaired) electrons. The number of aromatic nitrogens is 4. The molecule has 0 aromatic carbocycles. The van der Waals surface area contributed by atoms with Gasteiger partial charge in [-0.15, -0.1) is 0 Å². The Morgan fingerprint density at radius 2 is 2.13 bits per heavy atom. The first-order chi connectivity index (χ1) is 7.11. The van der Waals surface area contributed by atoms with Crippen LogP contribution in [0.4, 0.5) is 0 Å². The van der Waals surface area contributed by atoms with Gasteiger partial charge in [-0.3, -0.25) is 0 Å². The minimum absolute atomic E-state index is 0.482. The standard InChI is InChI=1S/C9H8BrClN4/c1-5-8(10)6(2)15(14-5)9-7(11)3-12-4-13-9/h3-4H,1-2H3. The fraction of sp³-hybridized carbons (Fsp3) is 0.222. The Kier molecular flexibility index (Phi) is 2.75. The lowest BCUT2D eigenvalue weighted by Gasteiger charge is -2.03. The largest absolute Gasteiger partial charge is 0.243 e. The van der Waals surface area contributed by atoms with Crippen molar-refractivity contribution in [3.8, 4) is 5.82 Å². The van der Waals surface area contributed by atoms with Gasteiger partial charge in [-0.1, -0.05) is 11.6 Å². The van der Waals surface area contributed by atoms with Gasteiger partial charge in [0.1, 0.15) is 11.3 Å². The molecule has 2 rings (SSSR count). The first-order valence-corrected chi connectivity index (χ1v) is 5.46. The Hall–Kier alpha value is -0.940. The summed E-state index contributed by atoms with van der Waals surface area (Å²) in [4.78, 5) is 7.93. The molecule has 0 spiro atoms. The summed E-state index contributed by atoms with van der Waals surface area (Å²) in [7, 11) is 0. The predicted molar refractivity (Wildman–Crippen MR) is 61.3 cm³/mol.